The maximum atomic E-state index is 11.8. The first-order valence-corrected chi connectivity index (χ1v) is 6.22. The van der Waals surface area contributed by atoms with Gasteiger partial charge >= 0.3 is 11.9 Å². The number of aryl methyl sites for hydroxylation is 1. The quantitative estimate of drug-likeness (QED) is 0.478. The molecule has 0 fully saturated rings. The topological polar surface area (TPSA) is 52.6 Å². The van der Waals surface area contributed by atoms with E-state index in [4.69, 9.17) is 9.47 Å². The number of thiophene rings is 1. The molecule has 0 spiro atoms. The first-order valence-electron chi connectivity index (χ1n) is 5.41. The van der Waals surface area contributed by atoms with Gasteiger partial charge in [0.1, 0.15) is 4.88 Å². The summed E-state index contributed by atoms with van der Waals surface area (Å²) in [6.45, 7) is 10.3. The summed E-state index contributed by atoms with van der Waals surface area (Å²) in [7, 11) is 0. The van der Waals surface area contributed by atoms with Crippen LogP contribution in [0.5, 0.6) is 0 Å². The van der Waals surface area contributed by atoms with Crippen LogP contribution in [0, 0.1) is 20.8 Å². The molecular weight excluding hydrogens is 252 g/mol. The van der Waals surface area contributed by atoms with Crippen molar-refractivity contribution in [2.75, 3.05) is 6.79 Å². The number of hydrogen-bond acceptors (Lipinski definition) is 5. The lowest BCUT2D eigenvalue weighted by molar-refractivity contribution is -0.147. The van der Waals surface area contributed by atoms with Gasteiger partial charge in [-0.25, -0.2) is 9.59 Å². The highest BCUT2D eigenvalue weighted by Crippen LogP contribution is 2.27. The molecule has 0 atom stereocenters. The molecule has 4 nitrogen and oxygen atoms in total. The average molecular weight is 268 g/mol. The first-order chi connectivity index (χ1) is 8.34. The largest absolute Gasteiger partial charge is 0.425 e. The van der Waals surface area contributed by atoms with Crippen LogP contribution in [0.4, 0.5) is 0 Å². The van der Waals surface area contributed by atoms with Crippen molar-refractivity contribution >= 4 is 23.3 Å². The summed E-state index contributed by atoms with van der Waals surface area (Å²) >= 11 is 1.38. The van der Waals surface area contributed by atoms with Crippen molar-refractivity contribution in [1.82, 2.24) is 0 Å². The molecule has 1 aromatic rings. The average Bonchev–Trinajstić information content (AvgIpc) is 2.56. The molecule has 18 heavy (non-hydrogen) atoms. The fourth-order valence-electron chi connectivity index (χ4n) is 1.26. The van der Waals surface area contributed by atoms with Gasteiger partial charge in [0.05, 0.1) is 0 Å². The monoisotopic (exact) mass is 268 g/mol. The molecular formula is C13H16O4S. The standard InChI is InChI=1S/C13H16O4S/c1-7(2)12(14)16-6-17-13(15)11-9(4)8(3)10(5)18-11/h1,6H2,2-5H3. The van der Waals surface area contributed by atoms with Crippen LogP contribution in [0.25, 0.3) is 0 Å². The van der Waals surface area contributed by atoms with Crippen LogP contribution in [0.3, 0.4) is 0 Å². The lowest BCUT2D eigenvalue weighted by Gasteiger charge is -2.05. The van der Waals surface area contributed by atoms with Gasteiger partial charge in [0.2, 0.25) is 6.79 Å². The Labute approximate surface area is 110 Å². The normalized spacial score (nSPS) is 10.0. The Morgan fingerprint density at radius 1 is 1.17 bits per heavy atom. The Morgan fingerprint density at radius 3 is 2.22 bits per heavy atom. The van der Waals surface area contributed by atoms with Gasteiger partial charge in [-0.1, -0.05) is 6.58 Å². The molecule has 0 saturated carbocycles. The molecule has 0 amide bonds. The zero-order valence-electron chi connectivity index (χ0n) is 11.0. The number of hydrogen-bond donors (Lipinski definition) is 0. The predicted molar refractivity (Wildman–Crippen MR) is 69.7 cm³/mol. The van der Waals surface area contributed by atoms with E-state index < -0.39 is 11.9 Å². The van der Waals surface area contributed by atoms with E-state index in [1.54, 1.807) is 0 Å². The predicted octanol–water partition coefficient (Wildman–Crippen LogP) is 2.91. The van der Waals surface area contributed by atoms with Gasteiger partial charge < -0.3 is 9.47 Å². The summed E-state index contributed by atoms with van der Waals surface area (Å²) in [5.41, 5.74) is 2.27. The number of esters is 2. The maximum absolute atomic E-state index is 11.8. The Bertz CT molecular complexity index is 499. The third-order valence-electron chi connectivity index (χ3n) is 2.60. The number of rotatable bonds is 4. The molecule has 1 rings (SSSR count). The summed E-state index contributed by atoms with van der Waals surface area (Å²) in [5.74, 6) is -1.04. The van der Waals surface area contributed by atoms with E-state index >= 15 is 0 Å². The molecule has 0 aromatic carbocycles. The smallest absolute Gasteiger partial charge is 0.351 e. The molecule has 0 aliphatic heterocycles. The highest BCUT2D eigenvalue weighted by Gasteiger charge is 2.17. The van der Waals surface area contributed by atoms with E-state index in [0.29, 0.717) is 4.88 Å². The summed E-state index contributed by atoms with van der Waals surface area (Å²) < 4.78 is 9.58. The van der Waals surface area contributed by atoms with Crippen molar-refractivity contribution in [3.8, 4) is 0 Å². The second-order valence-electron chi connectivity index (χ2n) is 4.00. The number of carbonyl (C=O) groups excluding carboxylic acids is 2. The Hall–Kier alpha value is -1.62. The van der Waals surface area contributed by atoms with Crippen LogP contribution in [-0.2, 0) is 14.3 Å². The third-order valence-corrected chi connectivity index (χ3v) is 3.89. The van der Waals surface area contributed by atoms with Gasteiger partial charge in [0.15, 0.2) is 0 Å². The lowest BCUT2D eigenvalue weighted by Crippen LogP contribution is -2.13. The van der Waals surface area contributed by atoms with Crippen molar-refractivity contribution in [2.45, 2.75) is 27.7 Å². The van der Waals surface area contributed by atoms with Gasteiger partial charge in [-0.15, -0.1) is 11.3 Å². The minimum atomic E-state index is -0.571. The molecule has 98 valence electrons. The number of ether oxygens (including phenoxy) is 2. The summed E-state index contributed by atoms with van der Waals surface area (Å²) in [6.07, 6.45) is 0. The summed E-state index contributed by atoms with van der Waals surface area (Å²) in [5, 5.41) is 0. The zero-order valence-corrected chi connectivity index (χ0v) is 11.8. The fraction of sp³-hybridized carbons (Fsp3) is 0.385. The van der Waals surface area contributed by atoms with Crippen molar-refractivity contribution < 1.29 is 19.1 Å². The second kappa shape index (κ2) is 5.82. The molecule has 0 aliphatic rings. The molecule has 0 unspecified atom stereocenters. The van der Waals surface area contributed by atoms with E-state index in [2.05, 4.69) is 6.58 Å². The molecule has 1 heterocycles. The Balaban J connectivity index is 2.59. The van der Waals surface area contributed by atoms with Crippen LogP contribution < -0.4 is 0 Å². The molecule has 0 saturated heterocycles. The van der Waals surface area contributed by atoms with Crippen LogP contribution in [0.2, 0.25) is 0 Å². The van der Waals surface area contributed by atoms with E-state index in [1.165, 1.54) is 18.3 Å². The minimum Gasteiger partial charge on any atom is -0.425 e. The molecule has 0 aliphatic carbocycles. The molecule has 0 radical (unpaired) electrons. The lowest BCUT2D eigenvalue weighted by atomic mass is 10.1. The molecule has 5 heteroatoms. The maximum Gasteiger partial charge on any atom is 0.351 e. The second-order valence-corrected chi connectivity index (χ2v) is 5.22. The van der Waals surface area contributed by atoms with Crippen molar-refractivity contribution in [3.63, 3.8) is 0 Å². The summed E-state index contributed by atoms with van der Waals surface area (Å²) in [4.78, 5) is 24.5. The van der Waals surface area contributed by atoms with Gasteiger partial charge in [0.25, 0.3) is 0 Å². The van der Waals surface area contributed by atoms with Crippen molar-refractivity contribution in [2.24, 2.45) is 0 Å². The van der Waals surface area contributed by atoms with E-state index in [1.807, 2.05) is 20.8 Å². The van der Waals surface area contributed by atoms with Crippen LogP contribution in [0.1, 0.15) is 32.6 Å². The highest BCUT2D eigenvalue weighted by atomic mass is 32.1. The Morgan fingerprint density at radius 2 is 1.78 bits per heavy atom. The molecule has 0 N–H and O–H groups in total. The minimum absolute atomic E-state index is 0.269. The highest BCUT2D eigenvalue weighted by molar-refractivity contribution is 7.14. The molecule has 1 aromatic heterocycles. The molecule has 0 bridgehead atoms. The van der Waals surface area contributed by atoms with Gasteiger partial charge in [-0.05, 0) is 38.8 Å². The summed E-state index contributed by atoms with van der Waals surface area (Å²) in [6, 6.07) is 0. The zero-order chi connectivity index (χ0) is 13.9. The van der Waals surface area contributed by atoms with Crippen LogP contribution in [-0.4, -0.2) is 18.7 Å². The van der Waals surface area contributed by atoms with E-state index in [-0.39, 0.29) is 12.4 Å². The van der Waals surface area contributed by atoms with Gasteiger partial charge in [0, 0.05) is 10.5 Å². The van der Waals surface area contributed by atoms with E-state index in [9.17, 15) is 9.59 Å². The third kappa shape index (κ3) is 3.20. The first kappa shape index (κ1) is 14.4. The van der Waals surface area contributed by atoms with Crippen molar-refractivity contribution in [3.05, 3.63) is 33.0 Å². The number of carbonyl (C=O) groups is 2. The van der Waals surface area contributed by atoms with Gasteiger partial charge in [-0.3, -0.25) is 0 Å². The van der Waals surface area contributed by atoms with Crippen LogP contribution in [0.15, 0.2) is 12.2 Å². The SMILES string of the molecule is C=C(C)C(=O)OCOC(=O)c1sc(C)c(C)c1C. The Kier molecular flexibility index (Phi) is 4.67. The van der Waals surface area contributed by atoms with Crippen LogP contribution >= 0.6 is 11.3 Å². The van der Waals surface area contributed by atoms with Crippen molar-refractivity contribution in [1.29, 1.82) is 0 Å². The van der Waals surface area contributed by atoms with Gasteiger partial charge in [-0.2, -0.15) is 0 Å². The fourth-order valence-corrected chi connectivity index (χ4v) is 2.32. The van der Waals surface area contributed by atoms with E-state index in [0.717, 1.165) is 16.0 Å².